The first-order valence-electron chi connectivity index (χ1n) is 15.9. The summed E-state index contributed by atoms with van der Waals surface area (Å²) in [6.45, 7) is 2.90. The molecule has 3 heterocycles. The second-order valence-electron chi connectivity index (χ2n) is 12.3. The largest absolute Gasteiger partial charge is 0.477 e. The number of carboxylic acids is 1. The molecule has 21 heteroatoms. The predicted octanol–water partition coefficient (Wildman–Crippen LogP) is -3.81. The summed E-state index contributed by atoms with van der Waals surface area (Å²) in [5.41, 5.74) is 8.43. The minimum Gasteiger partial charge on any atom is -0.477 e. The van der Waals surface area contributed by atoms with Crippen molar-refractivity contribution in [1.82, 2.24) is 5.32 Å². The standard InChI is InChI=1S/C28H48N4O17/c1-4-13(35)18(37)24-17(31-12(3)34)14(36)8-28(49-24,27(42)43)45-10-16-19(38)21(40)22(41)26(47-16)48-23-11(2)25(44-7-5-6-30-32-29)46-15(9-33)20(23)39/h11,13-26,33,35-41H,4-10H2,1-3H3,(H,31,34)(H,42,43)/t11?,13-,14-,15?,16?,17-,18-,19+,20+,21+,22?,23-,24?,25+,26+,28-/m1/s1. The molecule has 282 valence electrons. The number of carboxylic acid groups (broad SMARTS) is 1. The molecule has 49 heavy (non-hydrogen) atoms. The van der Waals surface area contributed by atoms with E-state index in [1.807, 2.05) is 0 Å². The number of ether oxygens (including phenoxy) is 6. The first kappa shape index (κ1) is 41.1. The Kier molecular flexibility index (Phi) is 15.3. The van der Waals surface area contributed by atoms with Crippen molar-refractivity contribution in [1.29, 1.82) is 0 Å². The molecule has 5 unspecified atom stereocenters. The van der Waals surface area contributed by atoms with Gasteiger partial charge in [-0.2, -0.15) is 0 Å². The van der Waals surface area contributed by atoms with Gasteiger partial charge in [0.1, 0.15) is 48.8 Å². The van der Waals surface area contributed by atoms with Gasteiger partial charge in [-0.05, 0) is 18.4 Å². The van der Waals surface area contributed by atoms with Crippen LogP contribution in [0.3, 0.4) is 0 Å². The normalized spacial score (nSPS) is 40.9. The van der Waals surface area contributed by atoms with E-state index in [2.05, 4.69) is 15.3 Å². The van der Waals surface area contributed by atoms with Gasteiger partial charge >= 0.3 is 5.97 Å². The molecule has 0 aromatic rings. The molecule has 1 amide bonds. The number of hydrogen-bond acceptors (Lipinski definition) is 17. The summed E-state index contributed by atoms with van der Waals surface area (Å²) in [6.07, 6.45) is -21.2. The van der Waals surface area contributed by atoms with E-state index < -0.39 is 129 Å². The monoisotopic (exact) mass is 712 g/mol. The number of aliphatic hydroxyl groups is 8. The third-order valence-corrected chi connectivity index (χ3v) is 8.76. The van der Waals surface area contributed by atoms with Crippen molar-refractivity contribution in [2.24, 2.45) is 11.0 Å². The van der Waals surface area contributed by atoms with Gasteiger partial charge in [0.05, 0.1) is 37.6 Å². The third kappa shape index (κ3) is 9.73. The SMILES string of the molecule is CC[C@@H](O)[C@@H](O)C1O[C@@](OCC2O[C@@H](O[C@@H]3C(C)[C@@H](OCCCN=[N+]=[N-])OC(CO)[C@@H]3O)C(O)[C@@H](O)[C@H]2O)(C(=O)O)C[C@@H](O)[C@H]1NC(C)=O. The van der Waals surface area contributed by atoms with Gasteiger partial charge < -0.3 is 79.7 Å². The molecule has 0 radical (unpaired) electrons. The van der Waals surface area contributed by atoms with E-state index in [1.165, 1.54) is 6.92 Å². The minimum absolute atomic E-state index is 0.00166. The molecule has 0 aromatic carbocycles. The van der Waals surface area contributed by atoms with E-state index in [4.69, 9.17) is 34.0 Å². The fourth-order valence-electron chi connectivity index (χ4n) is 5.93. The zero-order chi connectivity index (χ0) is 36.6. The molecule has 21 nitrogen and oxygen atoms in total. The lowest BCUT2D eigenvalue weighted by atomic mass is 9.88. The molecule has 10 N–H and O–H groups in total. The maximum Gasteiger partial charge on any atom is 0.364 e. The molecule has 3 aliphatic heterocycles. The summed E-state index contributed by atoms with van der Waals surface area (Å²) >= 11 is 0. The highest BCUT2D eigenvalue weighted by atomic mass is 16.8. The lowest BCUT2D eigenvalue weighted by Gasteiger charge is -2.48. The molecular formula is C28H48N4O17. The highest BCUT2D eigenvalue weighted by molar-refractivity contribution is 5.76. The lowest BCUT2D eigenvalue weighted by Crippen LogP contribution is -2.68. The number of nitrogens with one attached hydrogen (secondary N) is 1. The van der Waals surface area contributed by atoms with Crippen LogP contribution in [0.15, 0.2) is 5.11 Å². The van der Waals surface area contributed by atoms with Crippen LogP contribution in [-0.4, -0.2) is 176 Å². The molecule has 0 spiro atoms. The highest BCUT2D eigenvalue weighted by Gasteiger charge is 2.57. The lowest BCUT2D eigenvalue weighted by molar-refractivity contribution is -0.362. The summed E-state index contributed by atoms with van der Waals surface area (Å²) in [6, 6.07) is -1.36. The van der Waals surface area contributed by atoms with Crippen LogP contribution in [0, 0.1) is 5.92 Å². The van der Waals surface area contributed by atoms with Gasteiger partial charge in [-0.15, -0.1) is 0 Å². The van der Waals surface area contributed by atoms with Gasteiger partial charge in [0.25, 0.3) is 5.79 Å². The maximum absolute atomic E-state index is 12.5. The fourth-order valence-corrected chi connectivity index (χ4v) is 5.93. The third-order valence-electron chi connectivity index (χ3n) is 8.76. The van der Waals surface area contributed by atoms with Crippen molar-refractivity contribution < 1.29 is 84.0 Å². The Labute approximate surface area is 280 Å². The first-order chi connectivity index (χ1) is 23.1. The van der Waals surface area contributed by atoms with Gasteiger partial charge in [-0.25, -0.2) is 4.79 Å². The smallest absolute Gasteiger partial charge is 0.364 e. The summed E-state index contributed by atoms with van der Waals surface area (Å²) in [5.74, 6) is -5.93. The van der Waals surface area contributed by atoms with Crippen molar-refractivity contribution in [2.75, 3.05) is 26.4 Å². The first-order valence-corrected chi connectivity index (χ1v) is 15.9. The minimum atomic E-state index is -2.73. The van der Waals surface area contributed by atoms with Crippen LogP contribution in [0.2, 0.25) is 0 Å². The van der Waals surface area contributed by atoms with Crippen LogP contribution < -0.4 is 5.32 Å². The quantitative estimate of drug-likeness (QED) is 0.0317. The number of amides is 1. The average Bonchev–Trinajstić information content (AvgIpc) is 3.06. The number of carbonyl (C=O) groups is 2. The van der Waals surface area contributed by atoms with Gasteiger partial charge in [0.15, 0.2) is 12.6 Å². The van der Waals surface area contributed by atoms with Crippen LogP contribution in [0.4, 0.5) is 0 Å². The number of aliphatic hydroxyl groups excluding tert-OH is 8. The van der Waals surface area contributed by atoms with E-state index in [-0.39, 0.29) is 19.6 Å². The molecular weight excluding hydrogens is 664 g/mol. The van der Waals surface area contributed by atoms with Crippen LogP contribution in [0.1, 0.15) is 40.0 Å². The Morgan fingerprint density at radius 2 is 1.73 bits per heavy atom. The average molecular weight is 713 g/mol. The van der Waals surface area contributed by atoms with Crippen LogP contribution in [0.25, 0.3) is 10.4 Å². The van der Waals surface area contributed by atoms with E-state index in [1.54, 1.807) is 6.92 Å². The summed E-state index contributed by atoms with van der Waals surface area (Å²) in [5, 5.41) is 101. The molecule has 3 fully saturated rings. The van der Waals surface area contributed by atoms with E-state index in [0.29, 0.717) is 6.42 Å². The zero-order valence-electron chi connectivity index (χ0n) is 27.2. The maximum atomic E-state index is 12.5. The van der Waals surface area contributed by atoms with Crippen molar-refractivity contribution in [3.8, 4) is 0 Å². The number of carbonyl (C=O) groups excluding carboxylic acids is 1. The van der Waals surface area contributed by atoms with Gasteiger partial charge in [-0.1, -0.05) is 19.0 Å². The summed E-state index contributed by atoms with van der Waals surface area (Å²) in [4.78, 5) is 27.0. The topological polar surface area (TPSA) is 332 Å². The molecule has 3 rings (SSSR count). The Morgan fingerprint density at radius 3 is 2.33 bits per heavy atom. The molecule has 0 aliphatic carbocycles. The number of aliphatic carboxylic acids is 1. The van der Waals surface area contributed by atoms with Crippen molar-refractivity contribution >= 4 is 11.9 Å². The van der Waals surface area contributed by atoms with Crippen LogP contribution >= 0.6 is 0 Å². The number of rotatable bonds is 16. The zero-order valence-corrected chi connectivity index (χ0v) is 27.2. The van der Waals surface area contributed by atoms with E-state index >= 15 is 0 Å². The second-order valence-corrected chi connectivity index (χ2v) is 12.3. The number of nitrogens with zero attached hydrogens (tertiary/aromatic N) is 3. The van der Waals surface area contributed by atoms with Crippen molar-refractivity contribution in [3.05, 3.63) is 10.4 Å². The number of hydrogen-bond donors (Lipinski definition) is 10. The number of azide groups is 1. The van der Waals surface area contributed by atoms with Gasteiger partial charge in [0, 0.05) is 37.3 Å². The predicted molar refractivity (Wildman–Crippen MR) is 159 cm³/mol. The Bertz CT molecular complexity index is 1130. The Balaban J connectivity index is 1.79. The molecule has 0 aromatic heterocycles. The molecule has 3 aliphatic rings. The second kappa shape index (κ2) is 18.3. The van der Waals surface area contributed by atoms with Crippen molar-refractivity contribution in [2.45, 2.75) is 132 Å². The van der Waals surface area contributed by atoms with Crippen LogP contribution in [0.5, 0.6) is 0 Å². The molecule has 3 saturated heterocycles. The molecule has 0 saturated carbocycles. The molecule has 0 bridgehead atoms. The fraction of sp³-hybridized carbons (Fsp3) is 0.929. The van der Waals surface area contributed by atoms with E-state index in [9.17, 15) is 55.5 Å². The van der Waals surface area contributed by atoms with Crippen molar-refractivity contribution in [3.63, 3.8) is 0 Å². The Hall–Kier alpha value is -2.31. The highest BCUT2D eigenvalue weighted by Crippen LogP contribution is 2.36. The Morgan fingerprint density at radius 1 is 1.06 bits per heavy atom. The summed E-state index contributed by atoms with van der Waals surface area (Å²) in [7, 11) is 0. The summed E-state index contributed by atoms with van der Waals surface area (Å²) < 4.78 is 34.1. The molecule has 16 atom stereocenters. The van der Waals surface area contributed by atoms with Crippen LogP contribution in [-0.2, 0) is 38.0 Å². The van der Waals surface area contributed by atoms with E-state index in [0.717, 1.165) is 6.92 Å². The van der Waals surface area contributed by atoms with Gasteiger partial charge in [-0.3, -0.25) is 4.79 Å². The van der Waals surface area contributed by atoms with Gasteiger partial charge in [0.2, 0.25) is 5.91 Å².